The summed E-state index contributed by atoms with van der Waals surface area (Å²) >= 11 is 6.23. The van der Waals surface area contributed by atoms with Crippen molar-refractivity contribution >= 4 is 28.6 Å². The predicted octanol–water partition coefficient (Wildman–Crippen LogP) is 2.93. The van der Waals surface area contributed by atoms with Gasteiger partial charge in [0.2, 0.25) is 0 Å². The number of ether oxygens (including phenoxy) is 2. The SMILES string of the molecule is COC(=O)c1ccc2c(c1)nnn2Cc1cc(OC)ccc1Cl. The van der Waals surface area contributed by atoms with E-state index in [0.29, 0.717) is 22.6 Å². The molecule has 0 radical (unpaired) electrons. The number of carbonyl (C=O) groups excluding carboxylic acids is 1. The first kappa shape index (κ1) is 15.3. The van der Waals surface area contributed by atoms with Crippen molar-refractivity contribution in [2.45, 2.75) is 6.54 Å². The first-order chi connectivity index (χ1) is 11.1. The van der Waals surface area contributed by atoms with Crippen molar-refractivity contribution in [3.8, 4) is 5.75 Å². The van der Waals surface area contributed by atoms with Gasteiger partial charge in [0.25, 0.3) is 0 Å². The third-order valence-electron chi connectivity index (χ3n) is 3.51. The third kappa shape index (κ3) is 2.98. The van der Waals surface area contributed by atoms with Crippen LogP contribution in [0.5, 0.6) is 5.75 Å². The van der Waals surface area contributed by atoms with Gasteiger partial charge in [-0.1, -0.05) is 16.8 Å². The summed E-state index contributed by atoms with van der Waals surface area (Å²) in [4.78, 5) is 11.6. The number of hydrogen-bond donors (Lipinski definition) is 0. The molecule has 0 fully saturated rings. The quantitative estimate of drug-likeness (QED) is 0.688. The van der Waals surface area contributed by atoms with Crippen LogP contribution in [-0.4, -0.2) is 35.2 Å². The lowest BCUT2D eigenvalue weighted by atomic mass is 10.2. The molecule has 23 heavy (non-hydrogen) atoms. The van der Waals surface area contributed by atoms with Crippen LogP contribution in [-0.2, 0) is 11.3 Å². The second-order valence-electron chi connectivity index (χ2n) is 4.90. The summed E-state index contributed by atoms with van der Waals surface area (Å²) in [6.45, 7) is 0.449. The minimum Gasteiger partial charge on any atom is -0.497 e. The Labute approximate surface area is 137 Å². The molecule has 0 aliphatic heterocycles. The van der Waals surface area contributed by atoms with E-state index in [1.807, 2.05) is 6.07 Å². The molecule has 2 aromatic carbocycles. The monoisotopic (exact) mass is 331 g/mol. The van der Waals surface area contributed by atoms with E-state index in [-0.39, 0.29) is 0 Å². The molecule has 3 aromatic rings. The molecule has 0 saturated heterocycles. The van der Waals surface area contributed by atoms with E-state index in [1.165, 1.54) is 7.11 Å². The van der Waals surface area contributed by atoms with E-state index < -0.39 is 5.97 Å². The number of aromatic nitrogens is 3. The van der Waals surface area contributed by atoms with E-state index in [2.05, 4.69) is 10.3 Å². The van der Waals surface area contributed by atoms with E-state index in [9.17, 15) is 4.79 Å². The van der Waals surface area contributed by atoms with Gasteiger partial charge in [-0.15, -0.1) is 5.10 Å². The fourth-order valence-electron chi connectivity index (χ4n) is 2.29. The summed E-state index contributed by atoms with van der Waals surface area (Å²) in [5, 5.41) is 8.85. The lowest BCUT2D eigenvalue weighted by Gasteiger charge is -2.08. The lowest BCUT2D eigenvalue weighted by Crippen LogP contribution is -2.03. The molecule has 0 spiro atoms. The molecule has 0 amide bonds. The van der Waals surface area contributed by atoms with Crippen LogP contribution in [0.2, 0.25) is 5.02 Å². The first-order valence-electron chi connectivity index (χ1n) is 6.86. The molecule has 6 nitrogen and oxygen atoms in total. The number of carbonyl (C=O) groups is 1. The lowest BCUT2D eigenvalue weighted by molar-refractivity contribution is 0.0601. The Morgan fingerprint density at radius 1 is 1.22 bits per heavy atom. The van der Waals surface area contributed by atoms with Gasteiger partial charge in [0, 0.05) is 5.02 Å². The zero-order valence-electron chi connectivity index (χ0n) is 12.6. The zero-order chi connectivity index (χ0) is 16.4. The maximum absolute atomic E-state index is 11.6. The molecule has 0 saturated carbocycles. The second kappa shape index (κ2) is 6.26. The molecule has 0 aliphatic rings. The molecule has 0 aliphatic carbocycles. The van der Waals surface area contributed by atoms with Gasteiger partial charge in [-0.2, -0.15) is 0 Å². The summed E-state index contributed by atoms with van der Waals surface area (Å²) in [6, 6.07) is 10.6. The van der Waals surface area contributed by atoms with Crippen LogP contribution < -0.4 is 4.74 Å². The van der Waals surface area contributed by atoms with Crippen molar-refractivity contribution in [1.82, 2.24) is 15.0 Å². The van der Waals surface area contributed by atoms with Crippen molar-refractivity contribution in [3.63, 3.8) is 0 Å². The first-order valence-corrected chi connectivity index (χ1v) is 7.24. The average Bonchev–Trinajstić information content (AvgIpc) is 2.98. The summed E-state index contributed by atoms with van der Waals surface area (Å²) < 4.78 is 11.6. The zero-order valence-corrected chi connectivity index (χ0v) is 13.4. The number of nitrogens with zero attached hydrogens (tertiary/aromatic N) is 3. The largest absolute Gasteiger partial charge is 0.497 e. The van der Waals surface area contributed by atoms with Crippen LogP contribution >= 0.6 is 11.6 Å². The van der Waals surface area contributed by atoms with Crippen molar-refractivity contribution in [2.75, 3.05) is 14.2 Å². The molecule has 3 rings (SSSR count). The highest BCUT2D eigenvalue weighted by Gasteiger charge is 2.12. The molecular weight excluding hydrogens is 318 g/mol. The third-order valence-corrected chi connectivity index (χ3v) is 3.88. The maximum Gasteiger partial charge on any atom is 0.337 e. The normalized spacial score (nSPS) is 10.7. The van der Waals surface area contributed by atoms with Gasteiger partial charge in [0.15, 0.2) is 0 Å². The smallest absolute Gasteiger partial charge is 0.337 e. The molecule has 0 N–H and O–H groups in total. The van der Waals surface area contributed by atoms with Crippen molar-refractivity contribution in [2.24, 2.45) is 0 Å². The van der Waals surface area contributed by atoms with Gasteiger partial charge in [-0.3, -0.25) is 0 Å². The van der Waals surface area contributed by atoms with Crippen molar-refractivity contribution < 1.29 is 14.3 Å². The van der Waals surface area contributed by atoms with Gasteiger partial charge >= 0.3 is 5.97 Å². The second-order valence-corrected chi connectivity index (χ2v) is 5.31. The van der Waals surface area contributed by atoms with Crippen LogP contribution in [0.25, 0.3) is 11.0 Å². The maximum atomic E-state index is 11.6. The van der Waals surface area contributed by atoms with Crippen molar-refractivity contribution in [3.05, 3.63) is 52.5 Å². The highest BCUT2D eigenvalue weighted by molar-refractivity contribution is 6.31. The summed E-state index contributed by atoms with van der Waals surface area (Å²) in [6.07, 6.45) is 0. The number of rotatable bonds is 4. The Balaban J connectivity index is 1.96. The van der Waals surface area contributed by atoms with Gasteiger partial charge in [0.05, 0.1) is 31.8 Å². The van der Waals surface area contributed by atoms with E-state index in [4.69, 9.17) is 21.1 Å². The number of esters is 1. The summed E-state index contributed by atoms with van der Waals surface area (Å²) in [5.74, 6) is 0.319. The number of halogens is 1. The molecular formula is C16H14ClN3O3. The van der Waals surface area contributed by atoms with Crippen LogP contribution in [0.4, 0.5) is 0 Å². The Morgan fingerprint density at radius 3 is 2.78 bits per heavy atom. The topological polar surface area (TPSA) is 66.2 Å². The van der Waals surface area contributed by atoms with Crippen LogP contribution in [0.1, 0.15) is 15.9 Å². The molecule has 1 aromatic heterocycles. The van der Waals surface area contributed by atoms with Crippen LogP contribution in [0, 0.1) is 0 Å². The Morgan fingerprint density at radius 2 is 2.04 bits per heavy atom. The summed E-state index contributed by atoms with van der Waals surface area (Å²) in [5.41, 5.74) is 2.73. The van der Waals surface area contributed by atoms with Crippen LogP contribution in [0.15, 0.2) is 36.4 Å². The van der Waals surface area contributed by atoms with Crippen molar-refractivity contribution in [1.29, 1.82) is 0 Å². The van der Waals surface area contributed by atoms with Crippen LogP contribution in [0.3, 0.4) is 0 Å². The number of hydrogen-bond acceptors (Lipinski definition) is 5. The van der Waals surface area contributed by atoms with E-state index in [0.717, 1.165) is 16.8 Å². The predicted molar refractivity (Wildman–Crippen MR) is 86.0 cm³/mol. The number of fused-ring (bicyclic) bond motifs is 1. The summed E-state index contributed by atoms with van der Waals surface area (Å²) in [7, 11) is 2.94. The van der Waals surface area contributed by atoms with Gasteiger partial charge < -0.3 is 9.47 Å². The molecule has 7 heteroatoms. The fourth-order valence-corrected chi connectivity index (χ4v) is 2.47. The molecule has 0 bridgehead atoms. The molecule has 118 valence electrons. The Bertz CT molecular complexity index is 876. The number of benzene rings is 2. The number of methoxy groups -OCH3 is 2. The Kier molecular flexibility index (Phi) is 4.16. The fraction of sp³-hybridized carbons (Fsp3) is 0.188. The minimum absolute atomic E-state index is 0.405. The Hall–Kier alpha value is -2.60. The highest BCUT2D eigenvalue weighted by atomic mass is 35.5. The standard InChI is InChI=1S/C16H14ClN3O3/c1-22-12-4-5-13(17)11(7-12)9-20-15-6-3-10(16(21)23-2)8-14(15)18-19-20/h3-8H,9H2,1-2H3. The van der Waals surface area contributed by atoms with E-state index >= 15 is 0 Å². The molecule has 1 heterocycles. The minimum atomic E-state index is -0.405. The molecule has 0 atom stereocenters. The average molecular weight is 332 g/mol. The van der Waals surface area contributed by atoms with Gasteiger partial charge in [-0.25, -0.2) is 9.48 Å². The molecule has 0 unspecified atom stereocenters. The van der Waals surface area contributed by atoms with Gasteiger partial charge in [0.1, 0.15) is 11.3 Å². The van der Waals surface area contributed by atoms with Gasteiger partial charge in [-0.05, 0) is 42.0 Å². The van der Waals surface area contributed by atoms with E-state index in [1.54, 1.807) is 42.1 Å². The highest BCUT2D eigenvalue weighted by Crippen LogP contribution is 2.24.